The first-order valence-corrected chi connectivity index (χ1v) is 8.24. The molecule has 1 fully saturated rings. The van der Waals surface area contributed by atoms with E-state index in [1.807, 2.05) is 30.3 Å². The fraction of sp³-hybridized carbons (Fsp3) is 0.316. The average molecular weight is 383 g/mol. The molecular formula is C19H18ClF3N2O. The van der Waals surface area contributed by atoms with Crippen molar-refractivity contribution in [3.8, 4) is 0 Å². The number of alkyl halides is 3. The Kier molecular flexibility index (Phi) is 4.99. The molecule has 2 aromatic rings. The van der Waals surface area contributed by atoms with Gasteiger partial charge in [0.15, 0.2) is 0 Å². The number of hydrogen-bond donors (Lipinski definition) is 1. The van der Waals surface area contributed by atoms with Crippen LogP contribution in [0.4, 0.5) is 13.2 Å². The highest BCUT2D eigenvalue weighted by Gasteiger charge is 2.47. The average Bonchev–Trinajstić information content (AvgIpc) is 2.89. The second kappa shape index (κ2) is 6.93. The van der Waals surface area contributed by atoms with Crippen molar-refractivity contribution in [1.29, 1.82) is 0 Å². The molecule has 7 heteroatoms. The van der Waals surface area contributed by atoms with Crippen LogP contribution in [-0.2, 0) is 12.6 Å². The summed E-state index contributed by atoms with van der Waals surface area (Å²) in [6.07, 6.45) is -3.91. The quantitative estimate of drug-likeness (QED) is 0.856. The Labute approximate surface area is 155 Å². The van der Waals surface area contributed by atoms with Crippen LogP contribution < -0.4 is 5.32 Å². The Morgan fingerprint density at radius 3 is 2.46 bits per heavy atom. The normalized spacial score (nSPS) is 21.8. The van der Waals surface area contributed by atoms with E-state index in [-0.39, 0.29) is 30.1 Å². The third-order valence-corrected chi connectivity index (χ3v) is 4.97. The summed E-state index contributed by atoms with van der Waals surface area (Å²) in [7, 11) is 0. The minimum absolute atomic E-state index is 0. The lowest BCUT2D eigenvalue weighted by Crippen LogP contribution is -2.53. The van der Waals surface area contributed by atoms with Gasteiger partial charge in [0.2, 0.25) is 0 Å². The zero-order chi connectivity index (χ0) is 17.6. The van der Waals surface area contributed by atoms with E-state index >= 15 is 0 Å². The maximum absolute atomic E-state index is 13.4. The summed E-state index contributed by atoms with van der Waals surface area (Å²) in [6.45, 7) is 1.05. The molecular weight excluding hydrogens is 365 g/mol. The molecule has 0 radical (unpaired) electrons. The molecule has 0 unspecified atom stereocenters. The van der Waals surface area contributed by atoms with Crippen molar-refractivity contribution in [3.05, 3.63) is 70.8 Å². The molecule has 2 aliphatic rings. The van der Waals surface area contributed by atoms with Gasteiger partial charge in [0, 0.05) is 19.1 Å². The smallest absolute Gasteiger partial charge is 0.326 e. The molecule has 2 aliphatic heterocycles. The molecule has 2 heterocycles. The van der Waals surface area contributed by atoms with Gasteiger partial charge in [-0.3, -0.25) is 4.79 Å². The van der Waals surface area contributed by atoms with Crippen molar-refractivity contribution >= 4 is 18.3 Å². The molecule has 0 saturated carbocycles. The Bertz CT molecular complexity index is 810. The number of nitrogens with zero attached hydrogens (tertiary/aromatic N) is 1. The lowest BCUT2D eigenvalue weighted by molar-refractivity contribution is -0.137. The van der Waals surface area contributed by atoms with Crippen molar-refractivity contribution in [3.63, 3.8) is 0 Å². The lowest BCUT2D eigenvalue weighted by Gasteiger charge is -2.38. The van der Waals surface area contributed by atoms with Gasteiger partial charge >= 0.3 is 6.18 Å². The minimum atomic E-state index is -4.53. The van der Waals surface area contributed by atoms with Crippen molar-refractivity contribution in [2.24, 2.45) is 0 Å². The number of hydrogen-bond acceptors (Lipinski definition) is 2. The van der Waals surface area contributed by atoms with E-state index in [9.17, 15) is 18.0 Å². The van der Waals surface area contributed by atoms with Crippen LogP contribution in [0.2, 0.25) is 0 Å². The Hall–Kier alpha value is -2.05. The number of carbonyl (C=O) groups excluding carboxylic acids is 1. The van der Waals surface area contributed by atoms with Crippen LogP contribution in [-0.4, -0.2) is 29.9 Å². The molecule has 2 atom stereocenters. The molecule has 1 N–H and O–H groups in total. The van der Waals surface area contributed by atoms with Gasteiger partial charge < -0.3 is 10.2 Å². The van der Waals surface area contributed by atoms with Gasteiger partial charge in [0.25, 0.3) is 5.91 Å². The summed E-state index contributed by atoms with van der Waals surface area (Å²) in [4.78, 5) is 14.5. The van der Waals surface area contributed by atoms with Crippen LogP contribution >= 0.6 is 12.4 Å². The Morgan fingerprint density at radius 2 is 1.77 bits per heavy atom. The largest absolute Gasteiger partial charge is 0.417 e. The van der Waals surface area contributed by atoms with E-state index in [1.165, 1.54) is 6.07 Å². The van der Waals surface area contributed by atoms with Gasteiger partial charge in [-0.1, -0.05) is 42.5 Å². The number of amides is 1. The van der Waals surface area contributed by atoms with Gasteiger partial charge in [-0.15, -0.1) is 12.4 Å². The molecule has 2 aromatic carbocycles. The number of piperazine rings is 1. The van der Waals surface area contributed by atoms with E-state index in [2.05, 4.69) is 5.32 Å². The lowest BCUT2D eigenvalue weighted by atomic mass is 9.97. The van der Waals surface area contributed by atoms with Crippen molar-refractivity contribution < 1.29 is 18.0 Å². The minimum Gasteiger partial charge on any atom is -0.326 e. The van der Waals surface area contributed by atoms with Crippen molar-refractivity contribution in [2.75, 3.05) is 13.1 Å². The van der Waals surface area contributed by atoms with Crippen molar-refractivity contribution in [1.82, 2.24) is 10.2 Å². The van der Waals surface area contributed by atoms with Crippen LogP contribution in [0.25, 0.3) is 0 Å². The van der Waals surface area contributed by atoms with Gasteiger partial charge in [0.1, 0.15) is 0 Å². The Morgan fingerprint density at radius 1 is 1.04 bits per heavy atom. The molecule has 1 saturated heterocycles. The van der Waals surface area contributed by atoms with E-state index < -0.39 is 17.6 Å². The van der Waals surface area contributed by atoms with Crippen LogP contribution in [0.3, 0.4) is 0 Å². The van der Waals surface area contributed by atoms with Crippen molar-refractivity contribution in [2.45, 2.75) is 24.7 Å². The summed E-state index contributed by atoms with van der Waals surface area (Å²) < 4.78 is 40.1. The highest BCUT2D eigenvalue weighted by molar-refractivity contribution is 6.01. The summed E-state index contributed by atoms with van der Waals surface area (Å²) in [5.41, 5.74) is 0.532. The van der Waals surface area contributed by atoms with Crippen LogP contribution in [0.1, 0.15) is 33.1 Å². The highest BCUT2D eigenvalue weighted by atomic mass is 35.5. The topological polar surface area (TPSA) is 32.3 Å². The summed E-state index contributed by atoms with van der Waals surface area (Å²) in [5.74, 6) is -0.504. The third-order valence-electron chi connectivity index (χ3n) is 4.97. The van der Waals surface area contributed by atoms with E-state index in [1.54, 1.807) is 11.0 Å². The first-order chi connectivity index (χ1) is 12.0. The van der Waals surface area contributed by atoms with Gasteiger partial charge in [-0.2, -0.15) is 13.2 Å². The number of halogens is 4. The molecule has 26 heavy (non-hydrogen) atoms. The fourth-order valence-electron chi connectivity index (χ4n) is 3.91. The fourth-order valence-corrected chi connectivity index (χ4v) is 3.91. The number of benzene rings is 2. The predicted octanol–water partition coefficient (Wildman–Crippen LogP) is 3.84. The zero-order valence-electron chi connectivity index (χ0n) is 13.8. The molecule has 0 spiro atoms. The predicted molar refractivity (Wildman–Crippen MR) is 94.4 cm³/mol. The number of carbonyl (C=O) groups is 1. The first-order valence-electron chi connectivity index (χ1n) is 8.24. The summed E-state index contributed by atoms with van der Waals surface area (Å²) in [6, 6.07) is 13.2. The maximum Gasteiger partial charge on any atom is 0.417 e. The highest BCUT2D eigenvalue weighted by Crippen LogP contribution is 2.43. The summed E-state index contributed by atoms with van der Waals surface area (Å²) in [5, 5.41) is 3.27. The number of fused-ring (bicyclic) bond motifs is 3. The molecule has 0 aromatic heterocycles. The van der Waals surface area contributed by atoms with Gasteiger partial charge in [-0.05, 0) is 23.6 Å². The van der Waals surface area contributed by atoms with Gasteiger partial charge in [-0.25, -0.2) is 0 Å². The van der Waals surface area contributed by atoms with Crippen LogP contribution in [0.5, 0.6) is 0 Å². The molecule has 1 amide bonds. The molecule has 138 valence electrons. The van der Waals surface area contributed by atoms with Gasteiger partial charge in [0.05, 0.1) is 17.2 Å². The molecule has 0 aliphatic carbocycles. The second-order valence-electron chi connectivity index (χ2n) is 6.50. The number of nitrogens with one attached hydrogen (secondary N) is 1. The second-order valence-corrected chi connectivity index (χ2v) is 6.50. The van der Waals surface area contributed by atoms with E-state index in [0.29, 0.717) is 25.1 Å². The first kappa shape index (κ1) is 18.7. The van der Waals surface area contributed by atoms with Crippen LogP contribution in [0.15, 0.2) is 48.5 Å². The Balaban J connectivity index is 0.00000196. The van der Waals surface area contributed by atoms with E-state index in [0.717, 1.165) is 11.6 Å². The zero-order valence-corrected chi connectivity index (χ0v) is 14.6. The van der Waals surface area contributed by atoms with E-state index in [4.69, 9.17) is 0 Å². The molecule has 4 rings (SSSR count). The van der Waals surface area contributed by atoms with Crippen LogP contribution in [0, 0.1) is 0 Å². The third kappa shape index (κ3) is 3.08. The monoisotopic (exact) mass is 382 g/mol. The molecule has 0 bridgehead atoms. The summed E-state index contributed by atoms with van der Waals surface area (Å²) >= 11 is 0. The molecule has 3 nitrogen and oxygen atoms in total. The SMILES string of the molecule is Cl.O=C1c2c(cccc2C(F)(F)F)[C@@H]2CNC[C@H](Cc3ccccc3)N12. The number of rotatable bonds is 2. The maximum atomic E-state index is 13.4. The standard InChI is InChI=1S/C19H17F3N2O.ClH/c20-19(21,22)15-8-4-7-14-16-11-23-10-13(24(16)18(25)17(14)15)9-12-5-2-1-3-6-12;/h1-8,13,16,23H,9-11H2;1H/t13-,16-;/m0./s1.